The van der Waals surface area contributed by atoms with Crippen LogP contribution in [0.4, 0.5) is 5.69 Å². The van der Waals surface area contributed by atoms with Gasteiger partial charge in [0.2, 0.25) is 0 Å². The first-order valence-electron chi connectivity index (χ1n) is 5.51. The van der Waals surface area contributed by atoms with Crippen LogP contribution in [0.3, 0.4) is 0 Å². The zero-order valence-corrected chi connectivity index (χ0v) is 9.62. The number of aryl methyl sites for hydroxylation is 1. The molecule has 0 unspecified atom stereocenters. The second-order valence-electron chi connectivity index (χ2n) is 4.01. The summed E-state index contributed by atoms with van der Waals surface area (Å²) in [6, 6.07) is 5.32. The summed E-state index contributed by atoms with van der Waals surface area (Å²) >= 11 is 0. The highest BCUT2D eigenvalue weighted by Crippen LogP contribution is 2.31. The lowest BCUT2D eigenvalue weighted by molar-refractivity contribution is 0.480. The van der Waals surface area contributed by atoms with Crippen molar-refractivity contribution in [2.75, 3.05) is 5.73 Å². The highest BCUT2D eigenvalue weighted by Gasteiger charge is 2.11. The van der Waals surface area contributed by atoms with Crippen LogP contribution in [0, 0.1) is 6.92 Å². The number of pyridine rings is 1. The normalized spacial score (nSPS) is 10.9. The maximum atomic E-state index is 9.72. The molecule has 0 radical (unpaired) electrons. The third-order valence-corrected chi connectivity index (χ3v) is 2.85. The average molecular weight is 216 g/mol. The van der Waals surface area contributed by atoms with Crippen molar-refractivity contribution in [3.05, 3.63) is 29.5 Å². The molecule has 0 saturated heterocycles. The van der Waals surface area contributed by atoms with E-state index in [1.807, 2.05) is 13.0 Å². The van der Waals surface area contributed by atoms with Gasteiger partial charge in [-0.15, -0.1) is 0 Å². The van der Waals surface area contributed by atoms with Gasteiger partial charge in [-0.25, -0.2) is 4.98 Å². The molecule has 3 nitrogen and oxygen atoms in total. The van der Waals surface area contributed by atoms with Gasteiger partial charge in [-0.05, 0) is 25.0 Å². The number of anilines is 1. The summed E-state index contributed by atoms with van der Waals surface area (Å²) in [6.45, 7) is 4.05. The summed E-state index contributed by atoms with van der Waals surface area (Å²) < 4.78 is 0. The highest BCUT2D eigenvalue weighted by atomic mass is 16.3. The highest BCUT2D eigenvalue weighted by molar-refractivity contribution is 5.95. The second-order valence-corrected chi connectivity index (χ2v) is 4.01. The van der Waals surface area contributed by atoms with Crippen LogP contribution in [0.2, 0.25) is 0 Å². The van der Waals surface area contributed by atoms with E-state index in [1.165, 1.54) is 0 Å². The Kier molecular flexibility index (Phi) is 2.69. The van der Waals surface area contributed by atoms with Crippen molar-refractivity contribution in [2.45, 2.75) is 26.7 Å². The monoisotopic (exact) mass is 216 g/mol. The summed E-state index contributed by atoms with van der Waals surface area (Å²) in [5.74, 6) is 0.190. The van der Waals surface area contributed by atoms with Crippen LogP contribution in [0.5, 0.6) is 5.75 Å². The summed E-state index contributed by atoms with van der Waals surface area (Å²) in [4.78, 5) is 4.42. The maximum absolute atomic E-state index is 9.72. The van der Waals surface area contributed by atoms with Crippen LogP contribution in [0.15, 0.2) is 18.2 Å². The number of phenolic OH excluding ortho intramolecular Hbond substituents is 1. The van der Waals surface area contributed by atoms with Gasteiger partial charge in [0.25, 0.3) is 0 Å². The van der Waals surface area contributed by atoms with Crippen LogP contribution in [0.25, 0.3) is 10.9 Å². The molecule has 0 bridgehead atoms. The van der Waals surface area contributed by atoms with Crippen molar-refractivity contribution in [1.29, 1.82) is 0 Å². The predicted molar refractivity (Wildman–Crippen MR) is 66.6 cm³/mol. The number of rotatable bonds is 2. The molecule has 0 aliphatic carbocycles. The van der Waals surface area contributed by atoms with Crippen LogP contribution in [0.1, 0.15) is 24.6 Å². The van der Waals surface area contributed by atoms with Gasteiger partial charge in [-0.1, -0.05) is 25.5 Å². The van der Waals surface area contributed by atoms with Crippen molar-refractivity contribution in [2.24, 2.45) is 0 Å². The van der Waals surface area contributed by atoms with Crippen LogP contribution in [-0.2, 0) is 6.42 Å². The summed E-state index contributed by atoms with van der Waals surface area (Å²) in [7, 11) is 0. The Hall–Kier alpha value is -1.77. The lowest BCUT2D eigenvalue weighted by Crippen LogP contribution is -2.01. The third-order valence-electron chi connectivity index (χ3n) is 2.85. The van der Waals surface area contributed by atoms with E-state index in [-0.39, 0.29) is 5.75 Å². The van der Waals surface area contributed by atoms with E-state index in [1.54, 1.807) is 12.1 Å². The quantitative estimate of drug-likeness (QED) is 0.811. The molecule has 1 aromatic carbocycles. The van der Waals surface area contributed by atoms with Gasteiger partial charge in [0.15, 0.2) is 0 Å². The second kappa shape index (κ2) is 4.00. The minimum absolute atomic E-state index is 0.190. The molecule has 16 heavy (non-hydrogen) atoms. The molecule has 0 atom stereocenters. The Morgan fingerprint density at radius 3 is 2.81 bits per heavy atom. The van der Waals surface area contributed by atoms with Gasteiger partial charge in [0.05, 0.1) is 0 Å². The van der Waals surface area contributed by atoms with Crippen LogP contribution in [-0.4, -0.2) is 10.1 Å². The summed E-state index contributed by atoms with van der Waals surface area (Å²) in [5.41, 5.74) is 9.48. The number of phenols is 1. The molecule has 3 heteroatoms. The number of aromatic nitrogens is 1. The maximum Gasteiger partial charge on any atom is 0.141 e. The number of benzene rings is 1. The van der Waals surface area contributed by atoms with Crippen molar-refractivity contribution in [3.8, 4) is 5.75 Å². The topological polar surface area (TPSA) is 59.1 Å². The van der Waals surface area contributed by atoms with E-state index in [9.17, 15) is 5.11 Å². The number of aromatic hydroxyl groups is 1. The largest absolute Gasteiger partial charge is 0.506 e. The molecule has 0 aliphatic rings. The molecule has 0 aliphatic heterocycles. The minimum Gasteiger partial charge on any atom is -0.506 e. The van der Waals surface area contributed by atoms with Gasteiger partial charge in [0, 0.05) is 16.8 Å². The van der Waals surface area contributed by atoms with Crippen molar-refractivity contribution in [3.63, 3.8) is 0 Å². The minimum atomic E-state index is 0.190. The van der Waals surface area contributed by atoms with Gasteiger partial charge < -0.3 is 10.8 Å². The van der Waals surface area contributed by atoms with Crippen molar-refractivity contribution < 1.29 is 5.11 Å². The standard InChI is InChI=1S/C13H16N2O/c1-3-5-9-8(2)15-13-10(12(9)14)6-4-7-11(13)16/h4,6-7,16H,3,5H2,1-2H3,(H2,14,15). The third kappa shape index (κ3) is 1.58. The lowest BCUT2D eigenvalue weighted by atomic mass is 10.0. The number of hydrogen-bond donors (Lipinski definition) is 2. The molecular weight excluding hydrogens is 200 g/mol. The molecule has 1 heterocycles. The Bertz CT molecular complexity index is 535. The van der Waals surface area contributed by atoms with E-state index >= 15 is 0 Å². The molecular formula is C13H16N2O. The van der Waals surface area contributed by atoms with Crippen molar-refractivity contribution >= 4 is 16.6 Å². The van der Waals surface area contributed by atoms with Crippen LogP contribution >= 0.6 is 0 Å². The van der Waals surface area contributed by atoms with E-state index < -0.39 is 0 Å². The Morgan fingerprint density at radius 1 is 1.38 bits per heavy atom. The number of nitrogens with zero attached hydrogens (tertiary/aromatic N) is 1. The average Bonchev–Trinajstić information content (AvgIpc) is 2.26. The van der Waals surface area contributed by atoms with E-state index in [2.05, 4.69) is 11.9 Å². The van der Waals surface area contributed by atoms with Crippen molar-refractivity contribution in [1.82, 2.24) is 4.98 Å². The first-order chi connectivity index (χ1) is 7.65. The molecule has 2 rings (SSSR count). The molecule has 0 amide bonds. The first-order valence-corrected chi connectivity index (χ1v) is 5.51. The number of fused-ring (bicyclic) bond motifs is 1. The fraction of sp³-hybridized carbons (Fsp3) is 0.308. The molecule has 0 saturated carbocycles. The number of hydrogen-bond acceptors (Lipinski definition) is 3. The summed E-state index contributed by atoms with van der Waals surface area (Å²) in [5, 5.41) is 10.6. The molecule has 0 fully saturated rings. The summed E-state index contributed by atoms with van der Waals surface area (Å²) in [6.07, 6.45) is 1.97. The van der Waals surface area contributed by atoms with Gasteiger partial charge in [-0.3, -0.25) is 0 Å². The number of nitrogen functional groups attached to an aromatic ring is 1. The SMILES string of the molecule is CCCc1c(C)nc2c(O)cccc2c1N. The molecule has 1 aromatic heterocycles. The molecule has 2 aromatic rings. The molecule has 3 N–H and O–H groups in total. The molecule has 84 valence electrons. The molecule has 0 spiro atoms. The number of para-hydroxylation sites is 1. The van der Waals surface area contributed by atoms with E-state index in [0.29, 0.717) is 5.52 Å². The zero-order chi connectivity index (χ0) is 11.7. The Labute approximate surface area is 94.9 Å². The van der Waals surface area contributed by atoms with Gasteiger partial charge in [0.1, 0.15) is 11.3 Å². The zero-order valence-electron chi connectivity index (χ0n) is 9.62. The van der Waals surface area contributed by atoms with Gasteiger partial charge in [-0.2, -0.15) is 0 Å². The smallest absolute Gasteiger partial charge is 0.141 e. The predicted octanol–water partition coefficient (Wildman–Crippen LogP) is 2.78. The lowest BCUT2D eigenvalue weighted by Gasteiger charge is -2.11. The van der Waals surface area contributed by atoms with E-state index in [4.69, 9.17) is 5.73 Å². The fourth-order valence-electron chi connectivity index (χ4n) is 2.02. The van der Waals surface area contributed by atoms with Gasteiger partial charge >= 0.3 is 0 Å². The Balaban J connectivity index is 2.78. The van der Waals surface area contributed by atoms with Crippen LogP contribution < -0.4 is 5.73 Å². The Morgan fingerprint density at radius 2 is 2.12 bits per heavy atom. The number of nitrogens with two attached hydrogens (primary N) is 1. The van der Waals surface area contributed by atoms with E-state index in [0.717, 1.165) is 35.2 Å². The fourth-order valence-corrected chi connectivity index (χ4v) is 2.02. The first kappa shape index (κ1) is 10.7.